The molecular weight excluding hydrogens is 258 g/mol. The summed E-state index contributed by atoms with van der Waals surface area (Å²) in [6, 6.07) is 0.350. The van der Waals surface area contributed by atoms with Crippen LogP contribution < -0.4 is 5.32 Å². The predicted molar refractivity (Wildman–Crippen MR) is 81.5 cm³/mol. The monoisotopic (exact) mass is 285 g/mol. The van der Waals surface area contributed by atoms with Crippen molar-refractivity contribution in [1.82, 2.24) is 15.5 Å². The van der Waals surface area contributed by atoms with E-state index in [-0.39, 0.29) is 10.7 Å². The van der Waals surface area contributed by atoms with Crippen LogP contribution in [0.3, 0.4) is 0 Å². The summed E-state index contributed by atoms with van der Waals surface area (Å²) in [6.45, 7) is 14.1. The number of rotatable bonds is 7. The van der Waals surface area contributed by atoms with Gasteiger partial charge in [-0.2, -0.15) is 4.98 Å². The number of nitrogens with one attached hydrogen (secondary N) is 1. The highest BCUT2D eigenvalue weighted by Crippen LogP contribution is 2.27. The van der Waals surface area contributed by atoms with Crippen LogP contribution in [0, 0.1) is 0 Å². The summed E-state index contributed by atoms with van der Waals surface area (Å²) in [6.07, 6.45) is 1.13. The maximum absolute atomic E-state index is 5.38. The summed E-state index contributed by atoms with van der Waals surface area (Å²) in [4.78, 5) is 4.50. The highest BCUT2D eigenvalue weighted by Gasteiger charge is 2.21. The zero-order valence-corrected chi connectivity index (χ0v) is 13.8. The number of nitrogens with zero attached hydrogens (tertiary/aromatic N) is 2. The largest absolute Gasteiger partial charge is 0.339 e. The summed E-state index contributed by atoms with van der Waals surface area (Å²) in [5.41, 5.74) is 0. The first-order chi connectivity index (χ1) is 8.83. The Morgan fingerprint density at radius 3 is 2.58 bits per heavy atom. The molecule has 0 fully saturated rings. The summed E-state index contributed by atoms with van der Waals surface area (Å²) in [5.74, 6) is 2.58. The molecule has 0 saturated carbocycles. The van der Waals surface area contributed by atoms with Crippen molar-refractivity contribution >= 4 is 11.8 Å². The fraction of sp³-hybridized carbons (Fsp3) is 0.857. The van der Waals surface area contributed by atoms with Gasteiger partial charge >= 0.3 is 0 Å². The third kappa shape index (κ3) is 5.95. The van der Waals surface area contributed by atoms with E-state index in [0.717, 1.165) is 30.4 Å². The van der Waals surface area contributed by atoms with Gasteiger partial charge in [0.1, 0.15) is 0 Å². The van der Waals surface area contributed by atoms with Gasteiger partial charge in [-0.3, -0.25) is 0 Å². The number of thioether (sulfide) groups is 1. The molecule has 19 heavy (non-hydrogen) atoms. The van der Waals surface area contributed by atoms with Crippen LogP contribution in [0.1, 0.15) is 65.6 Å². The Hall–Kier alpha value is -0.550. The van der Waals surface area contributed by atoms with Gasteiger partial charge in [-0.1, -0.05) is 39.8 Å². The van der Waals surface area contributed by atoms with E-state index in [1.54, 1.807) is 0 Å². The zero-order valence-electron chi connectivity index (χ0n) is 13.0. The lowest BCUT2D eigenvalue weighted by Crippen LogP contribution is -2.31. The Labute approximate surface area is 121 Å². The van der Waals surface area contributed by atoms with Crippen molar-refractivity contribution in [3.63, 3.8) is 0 Å². The molecule has 5 heteroatoms. The van der Waals surface area contributed by atoms with Crippen LogP contribution in [0.5, 0.6) is 0 Å². The maximum atomic E-state index is 5.38. The number of aromatic nitrogens is 2. The van der Waals surface area contributed by atoms with Gasteiger partial charge in [0.2, 0.25) is 5.89 Å². The van der Waals surface area contributed by atoms with E-state index in [0.29, 0.717) is 6.04 Å². The molecule has 0 radical (unpaired) electrons. The lowest BCUT2D eigenvalue weighted by Gasteiger charge is -2.17. The lowest BCUT2D eigenvalue weighted by atomic mass is 10.0. The van der Waals surface area contributed by atoms with Gasteiger partial charge in [0.05, 0.1) is 11.7 Å². The van der Waals surface area contributed by atoms with Gasteiger partial charge in [-0.15, -0.1) is 11.8 Å². The van der Waals surface area contributed by atoms with Crippen molar-refractivity contribution in [1.29, 1.82) is 0 Å². The van der Waals surface area contributed by atoms with E-state index < -0.39 is 0 Å². The van der Waals surface area contributed by atoms with Gasteiger partial charge in [0.25, 0.3) is 0 Å². The van der Waals surface area contributed by atoms with E-state index in [1.807, 2.05) is 11.8 Å². The summed E-state index contributed by atoms with van der Waals surface area (Å²) in [5, 5.41) is 7.53. The van der Waals surface area contributed by atoms with Crippen molar-refractivity contribution in [3.8, 4) is 0 Å². The van der Waals surface area contributed by atoms with Crippen molar-refractivity contribution < 1.29 is 4.52 Å². The van der Waals surface area contributed by atoms with Crippen molar-refractivity contribution in [2.24, 2.45) is 0 Å². The van der Waals surface area contributed by atoms with Crippen molar-refractivity contribution in [2.45, 2.75) is 70.4 Å². The molecule has 2 atom stereocenters. The number of hydrogen-bond acceptors (Lipinski definition) is 5. The second kappa shape index (κ2) is 7.29. The normalized spacial score (nSPS) is 15.5. The first-order valence-electron chi connectivity index (χ1n) is 7.03. The minimum Gasteiger partial charge on any atom is -0.339 e. The molecular formula is C14H27N3OS. The Balaban J connectivity index is 2.53. The van der Waals surface area contributed by atoms with Gasteiger partial charge in [0.15, 0.2) is 5.82 Å². The topological polar surface area (TPSA) is 51.0 Å². The molecule has 0 aliphatic rings. The molecule has 1 aromatic heterocycles. The van der Waals surface area contributed by atoms with E-state index >= 15 is 0 Å². The van der Waals surface area contributed by atoms with E-state index in [2.05, 4.69) is 57.0 Å². The third-order valence-electron chi connectivity index (χ3n) is 2.97. The highest BCUT2D eigenvalue weighted by molar-refractivity contribution is 7.99. The van der Waals surface area contributed by atoms with E-state index in [9.17, 15) is 0 Å². The minimum absolute atomic E-state index is 0.225. The fourth-order valence-electron chi connectivity index (χ4n) is 1.55. The van der Waals surface area contributed by atoms with E-state index in [1.165, 1.54) is 0 Å². The molecule has 0 aromatic carbocycles. The molecule has 1 aromatic rings. The first-order valence-corrected chi connectivity index (χ1v) is 8.02. The van der Waals surface area contributed by atoms with Crippen LogP contribution in [0.4, 0.5) is 0 Å². The second-order valence-electron chi connectivity index (χ2n) is 5.98. The zero-order chi connectivity index (χ0) is 14.5. The van der Waals surface area contributed by atoms with Gasteiger partial charge < -0.3 is 9.84 Å². The van der Waals surface area contributed by atoms with Gasteiger partial charge in [-0.25, -0.2) is 0 Å². The van der Waals surface area contributed by atoms with Crippen molar-refractivity contribution in [3.05, 3.63) is 11.7 Å². The predicted octanol–water partition coefficient (Wildman–Crippen LogP) is 3.59. The van der Waals surface area contributed by atoms with Gasteiger partial charge in [0, 0.05) is 10.8 Å². The van der Waals surface area contributed by atoms with Crippen LogP contribution in [-0.4, -0.2) is 27.5 Å². The van der Waals surface area contributed by atoms with Crippen molar-refractivity contribution in [2.75, 3.05) is 6.54 Å². The first kappa shape index (κ1) is 16.5. The van der Waals surface area contributed by atoms with Crippen LogP contribution >= 0.6 is 11.8 Å². The molecule has 0 aliphatic carbocycles. The van der Waals surface area contributed by atoms with E-state index in [4.69, 9.17) is 4.52 Å². The third-order valence-corrected chi connectivity index (χ3v) is 4.24. The molecule has 4 nitrogen and oxygen atoms in total. The standard InChI is InChI=1S/C14H27N3OS/c1-7-8-15-11(3)10(2)13-16-12(17-18-13)9-19-14(4,5)6/h10-11,15H,7-9H2,1-6H3. The number of hydrogen-bond donors (Lipinski definition) is 1. The molecule has 0 saturated heterocycles. The molecule has 1 rings (SSSR count). The molecule has 0 aliphatic heterocycles. The highest BCUT2D eigenvalue weighted by atomic mass is 32.2. The summed E-state index contributed by atoms with van der Waals surface area (Å²) in [7, 11) is 0. The fourth-order valence-corrected chi connectivity index (χ4v) is 2.23. The van der Waals surface area contributed by atoms with Crippen LogP contribution in [-0.2, 0) is 5.75 Å². The van der Waals surface area contributed by atoms with Crippen LogP contribution in [0.25, 0.3) is 0 Å². The van der Waals surface area contributed by atoms with Gasteiger partial charge in [-0.05, 0) is 19.9 Å². The average molecular weight is 285 g/mol. The van der Waals surface area contributed by atoms with Crippen LogP contribution in [0.2, 0.25) is 0 Å². The Morgan fingerprint density at radius 1 is 1.32 bits per heavy atom. The molecule has 0 bridgehead atoms. The lowest BCUT2D eigenvalue weighted by molar-refractivity contribution is 0.329. The SMILES string of the molecule is CCCNC(C)C(C)c1nc(CSC(C)(C)C)no1. The average Bonchev–Trinajstić information content (AvgIpc) is 2.80. The Bertz CT molecular complexity index is 373. The molecule has 2 unspecified atom stereocenters. The summed E-state index contributed by atoms with van der Waals surface area (Å²) >= 11 is 1.83. The molecule has 0 amide bonds. The minimum atomic E-state index is 0.225. The maximum Gasteiger partial charge on any atom is 0.231 e. The Kier molecular flexibility index (Phi) is 6.33. The Morgan fingerprint density at radius 2 is 2.00 bits per heavy atom. The quantitative estimate of drug-likeness (QED) is 0.829. The second-order valence-corrected chi connectivity index (χ2v) is 7.78. The molecule has 1 N–H and O–H groups in total. The van der Waals surface area contributed by atoms with Crippen LogP contribution in [0.15, 0.2) is 4.52 Å². The smallest absolute Gasteiger partial charge is 0.231 e. The molecule has 0 spiro atoms. The molecule has 1 heterocycles. The summed E-state index contributed by atoms with van der Waals surface area (Å²) < 4.78 is 5.60. The molecule has 110 valence electrons.